The van der Waals surface area contributed by atoms with Crippen LogP contribution in [0.25, 0.3) is 0 Å². The average molecular weight is 475 g/mol. The summed E-state index contributed by atoms with van der Waals surface area (Å²) in [4.78, 5) is 51.3. The number of β-lactam (4-membered cyclic amide) rings is 1. The van der Waals surface area contributed by atoms with E-state index in [1.165, 1.54) is 28.0 Å². The number of amides is 2. The number of nitrogens with one attached hydrogen (secondary N) is 1. The maximum absolute atomic E-state index is 12.7. The molecule has 0 unspecified atom stereocenters. The predicted octanol–water partition coefficient (Wildman–Crippen LogP) is 2.60. The van der Waals surface area contributed by atoms with E-state index in [0.29, 0.717) is 16.9 Å². The molecule has 2 aromatic rings. The van der Waals surface area contributed by atoms with Gasteiger partial charge in [0.1, 0.15) is 17.1 Å². The smallest absolute Gasteiger partial charge is 0.352 e. The van der Waals surface area contributed by atoms with Gasteiger partial charge in [0.2, 0.25) is 11.0 Å². The number of benzene rings is 1. The van der Waals surface area contributed by atoms with Crippen molar-refractivity contribution in [2.24, 2.45) is 0 Å². The van der Waals surface area contributed by atoms with Gasteiger partial charge in [0.05, 0.1) is 6.42 Å². The molecule has 1 aromatic heterocycles. The molecule has 4 rings (SSSR count). The molecule has 0 bridgehead atoms. The fourth-order valence-corrected chi connectivity index (χ4v) is 6.43. The Hall–Kier alpha value is -2.56. The van der Waals surface area contributed by atoms with Crippen LogP contribution in [0.4, 0.5) is 0 Å². The molecule has 2 amide bonds. The van der Waals surface area contributed by atoms with Crippen molar-refractivity contribution in [3.05, 3.63) is 69.6 Å². The number of carbonyl (C=O) groups is 4. The first-order valence-electron chi connectivity index (χ1n) is 9.39. The second-order valence-electron chi connectivity index (χ2n) is 6.91. The molecule has 0 aliphatic carbocycles. The number of nitrogens with zero attached hydrogens (tertiary/aromatic N) is 1. The number of hydrogen-bond acceptors (Lipinski definition) is 7. The number of thioether (sulfide) groups is 2. The molecule has 160 valence electrons. The van der Waals surface area contributed by atoms with Gasteiger partial charge in [0, 0.05) is 21.9 Å². The van der Waals surface area contributed by atoms with E-state index >= 15 is 0 Å². The van der Waals surface area contributed by atoms with E-state index in [-0.39, 0.29) is 28.9 Å². The van der Waals surface area contributed by atoms with E-state index in [9.17, 15) is 24.3 Å². The van der Waals surface area contributed by atoms with Crippen molar-refractivity contribution < 1.29 is 24.3 Å². The van der Waals surface area contributed by atoms with Crippen LogP contribution >= 0.6 is 34.9 Å². The SMILES string of the molecule is O=C(Cc1cccs1)N[C@@H]1C(=O)N2C(C(=O)O)=C(CSC(=O)c3ccccc3)CS[C@H]12. The molecule has 1 saturated heterocycles. The van der Waals surface area contributed by atoms with Crippen molar-refractivity contribution in [3.8, 4) is 0 Å². The minimum Gasteiger partial charge on any atom is -0.477 e. The van der Waals surface area contributed by atoms with Gasteiger partial charge in [-0.3, -0.25) is 19.3 Å². The van der Waals surface area contributed by atoms with Crippen LogP contribution in [0, 0.1) is 0 Å². The van der Waals surface area contributed by atoms with E-state index in [2.05, 4.69) is 5.32 Å². The van der Waals surface area contributed by atoms with E-state index in [1.807, 2.05) is 23.6 Å². The van der Waals surface area contributed by atoms with E-state index in [1.54, 1.807) is 24.3 Å². The van der Waals surface area contributed by atoms with E-state index in [0.717, 1.165) is 16.6 Å². The molecule has 2 aliphatic rings. The summed E-state index contributed by atoms with van der Waals surface area (Å²) in [5, 5.41) is 13.7. The van der Waals surface area contributed by atoms with Crippen LogP contribution in [0.1, 0.15) is 15.2 Å². The number of hydrogen-bond donors (Lipinski definition) is 2. The van der Waals surface area contributed by atoms with Crippen LogP contribution in [0.5, 0.6) is 0 Å². The molecule has 10 heteroatoms. The molecule has 1 fully saturated rings. The van der Waals surface area contributed by atoms with Crippen LogP contribution in [0.2, 0.25) is 0 Å². The first-order chi connectivity index (χ1) is 15.0. The third kappa shape index (κ3) is 4.56. The van der Waals surface area contributed by atoms with Crippen molar-refractivity contribution in [1.82, 2.24) is 10.2 Å². The van der Waals surface area contributed by atoms with Gasteiger partial charge < -0.3 is 10.4 Å². The van der Waals surface area contributed by atoms with E-state index in [4.69, 9.17) is 0 Å². The molecule has 3 heterocycles. The minimum absolute atomic E-state index is 0.0779. The largest absolute Gasteiger partial charge is 0.477 e. The minimum atomic E-state index is -1.20. The van der Waals surface area contributed by atoms with E-state index < -0.39 is 23.3 Å². The lowest BCUT2D eigenvalue weighted by Crippen LogP contribution is -2.70. The molecule has 2 N–H and O–H groups in total. The van der Waals surface area contributed by atoms with Crippen LogP contribution in [0.3, 0.4) is 0 Å². The van der Waals surface area contributed by atoms with Gasteiger partial charge in [-0.05, 0) is 17.0 Å². The van der Waals surface area contributed by atoms with Crippen LogP contribution in [-0.2, 0) is 20.8 Å². The third-order valence-corrected chi connectivity index (χ3v) is 8.07. The van der Waals surface area contributed by atoms with Crippen molar-refractivity contribution >= 4 is 57.8 Å². The van der Waals surface area contributed by atoms with Gasteiger partial charge in [-0.15, -0.1) is 23.1 Å². The summed E-state index contributed by atoms with van der Waals surface area (Å²) in [5.41, 5.74) is 0.991. The monoisotopic (exact) mass is 474 g/mol. The zero-order valence-corrected chi connectivity index (χ0v) is 18.6. The molecule has 0 saturated carbocycles. The lowest BCUT2D eigenvalue weighted by molar-refractivity contribution is -0.150. The maximum atomic E-state index is 12.7. The summed E-state index contributed by atoms with van der Waals surface area (Å²) < 4.78 is 0. The summed E-state index contributed by atoms with van der Waals surface area (Å²) in [7, 11) is 0. The van der Waals surface area contributed by atoms with Crippen molar-refractivity contribution in [2.45, 2.75) is 17.8 Å². The highest BCUT2D eigenvalue weighted by Gasteiger charge is 2.54. The first kappa shape index (κ1) is 21.7. The number of carboxylic acid groups (broad SMARTS) is 1. The lowest BCUT2D eigenvalue weighted by atomic mass is 10.0. The highest BCUT2D eigenvalue weighted by Crippen LogP contribution is 2.41. The van der Waals surface area contributed by atoms with Crippen molar-refractivity contribution in [3.63, 3.8) is 0 Å². The van der Waals surface area contributed by atoms with Gasteiger partial charge in [-0.25, -0.2) is 4.79 Å². The Morgan fingerprint density at radius 2 is 1.94 bits per heavy atom. The number of thiophene rings is 1. The van der Waals surface area contributed by atoms with Crippen LogP contribution < -0.4 is 5.32 Å². The predicted molar refractivity (Wildman–Crippen MR) is 121 cm³/mol. The maximum Gasteiger partial charge on any atom is 0.352 e. The molecule has 0 spiro atoms. The molecular weight excluding hydrogens is 456 g/mol. The summed E-state index contributed by atoms with van der Waals surface area (Å²) in [6, 6.07) is 11.7. The van der Waals surface area contributed by atoms with Crippen LogP contribution in [0.15, 0.2) is 59.1 Å². The standard InChI is InChI=1S/C21H18N2O5S3/c24-15(9-14-7-4-8-29-14)22-16-18(25)23-17(20(26)27)13(10-30-19(16)23)11-31-21(28)12-5-2-1-3-6-12/h1-8,16,19H,9-11H2,(H,22,24)(H,26,27)/t16-,19-/m1/s1. The molecule has 31 heavy (non-hydrogen) atoms. The van der Waals surface area contributed by atoms with Crippen molar-refractivity contribution in [1.29, 1.82) is 0 Å². The number of carbonyl (C=O) groups excluding carboxylic acids is 3. The quantitative estimate of drug-likeness (QED) is 0.595. The Kier molecular flexibility index (Phi) is 6.49. The molecular formula is C21H18N2O5S3. The molecule has 0 radical (unpaired) electrons. The second kappa shape index (κ2) is 9.29. The van der Waals surface area contributed by atoms with Crippen molar-refractivity contribution in [2.75, 3.05) is 11.5 Å². The summed E-state index contributed by atoms with van der Waals surface area (Å²) in [5.74, 6) is -1.34. The Bertz CT molecular complexity index is 1050. The fraction of sp³-hybridized carbons (Fsp3) is 0.238. The first-order valence-corrected chi connectivity index (χ1v) is 12.3. The highest BCUT2D eigenvalue weighted by atomic mass is 32.2. The fourth-order valence-electron chi connectivity index (χ4n) is 3.40. The van der Waals surface area contributed by atoms with Gasteiger partial charge in [-0.2, -0.15) is 0 Å². The second-order valence-corrected chi connectivity index (χ2v) is 10.00. The summed E-state index contributed by atoms with van der Waals surface area (Å²) in [6.07, 6.45) is 0.184. The van der Waals surface area contributed by atoms with Gasteiger partial charge in [0.25, 0.3) is 5.91 Å². The Morgan fingerprint density at radius 3 is 2.61 bits per heavy atom. The number of rotatable bonds is 7. The van der Waals surface area contributed by atoms with Gasteiger partial charge in [-0.1, -0.05) is 48.2 Å². The summed E-state index contributed by atoms with van der Waals surface area (Å²) in [6.45, 7) is 0. The third-order valence-electron chi connectivity index (χ3n) is 4.87. The molecule has 2 atom stereocenters. The normalized spacial score (nSPS) is 20.1. The van der Waals surface area contributed by atoms with Crippen LogP contribution in [-0.4, -0.2) is 55.8 Å². The summed E-state index contributed by atoms with van der Waals surface area (Å²) >= 11 is 3.88. The number of aliphatic carboxylic acids is 1. The Balaban J connectivity index is 1.42. The van der Waals surface area contributed by atoms with Gasteiger partial charge >= 0.3 is 5.97 Å². The molecule has 2 aliphatic heterocycles. The zero-order valence-electron chi connectivity index (χ0n) is 16.1. The molecule has 1 aromatic carbocycles. The lowest BCUT2D eigenvalue weighted by Gasteiger charge is -2.49. The number of fused-ring (bicyclic) bond motifs is 1. The Labute approximate surface area is 190 Å². The average Bonchev–Trinajstić information content (AvgIpc) is 3.28. The molecule has 7 nitrogen and oxygen atoms in total. The van der Waals surface area contributed by atoms with Gasteiger partial charge in [0.15, 0.2) is 0 Å². The zero-order chi connectivity index (χ0) is 22.0. The topological polar surface area (TPSA) is 104 Å². The number of carboxylic acids is 1. The highest BCUT2D eigenvalue weighted by molar-refractivity contribution is 8.14. The Morgan fingerprint density at radius 1 is 1.16 bits per heavy atom.